The zero-order chi connectivity index (χ0) is 15.4. The van der Waals surface area contributed by atoms with Crippen LogP contribution in [0.25, 0.3) is 0 Å². The Balaban J connectivity index is 2.43. The highest BCUT2D eigenvalue weighted by atomic mass is 19.1. The number of anilines is 1. The SMILES string of the molecule is COc1ccccc1NC(C(N)=O)c1c(F)cccc1F. The number of hydrogen-bond acceptors (Lipinski definition) is 3. The Morgan fingerprint density at radius 3 is 2.33 bits per heavy atom. The van der Waals surface area contributed by atoms with E-state index in [1.165, 1.54) is 13.2 Å². The van der Waals surface area contributed by atoms with E-state index in [0.29, 0.717) is 11.4 Å². The Morgan fingerprint density at radius 1 is 1.14 bits per heavy atom. The second-order valence-electron chi connectivity index (χ2n) is 4.32. The van der Waals surface area contributed by atoms with E-state index in [2.05, 4.69) is 5.32 Å². The van der Waals surface area contributed by atoms with Gasteiger partial charge in [0.15, 0.2) is 0 Å². The zero-order valence-corrected chi connectivity index (χ0v) is 11.3. The molecule has 0 heterocycles. The molecule has 0 saturated heterocycles. The first-order valence-corrected chi connectivity index (χ1v) is 6.17. The molecule has 0 aliphatic rings. The average Bonchev–Trinajstić information content (AvgIpc) is 2.46. The summed E-state index contributed by atoms with van der Waals surface area (Å²) in [5.41, 5.74) is 5.26. The van der Waals surface area contributed by atoms with E-state index in [4.69, 9.17) is 10.5 Å². The van der Waals surface area contributed by atoms with Crippen molar-refractivity contribution >= 4 is 11.6 Å². The molecule has 3 N–H and O–H groups in total. The summed E-state index contributed by atoms with van der Waals surface area (Å²) in [6.07, 6.45) is 0. The van der Waals surface area contributed by atoms with Crippen LogP contribution in [0.5, 0.6) is 5.75 Å². The van der Waals surface area contributed by atoms with Crippen molar-refractivity contribution in [3.8, 4) is 5.75 Å². The Bertz CT molecular complexity index is 642. The topological polar surface area (TPSA) is 64.3 Å². The molecule has 2 rings (SSSR count). The average molecular weight is 292 g/mol. The number of halogens is 2. The molecule has 110 valence electrons. The van der Waals surface area contributed by atoms with E-state index in [1.54, 1.807) is 24.3 Å². The van der Waals surface area contributed by atoms with Crippen LogP contribution < -0.4 is 15.8 Å². The van der Waals surface area contributed by atoms with Crippen LogP contribution in [0.3, 0.4) is 0 Å². The predicted molar refractivity (Wildman–Crippen MR) is 74.9 cm³/mol. The third-order valence-electron chi connectivity index (χ3n) is 2.98. The van der Waals surface area contributed by atoms with Crippen molar-refractivity contribution in [2.24, 2.45) is 5.73 Å². The van der Waals surface area contributed by atoms with Crippen molar-refractivity contribution in [3.63, 3.8) is 0 Å². The van der Waals surface area contributed by atoms with Gasteiger partial charge in [0.25, 0.3) is 0 Å². The number of para-hydroxylation sites is 2. The maximum Gasteiger partial charge on any atom is 0.244 e. The quantitative estimate of drug-likeness (QED) is 0.890. The van der Waals surface area contributed by atoms with Crippen molar-refractivity contribution in [2.75, 3.05) is 12.4 Å². The summed E-state index contributed by atoms with van der Waals surface area (Å²) in [5.74, 6) is -2.16. The van der Waals surface area contributed by atoms with Gasteiger partial charge in [-0.25, -0.2) is 8.78 Å². The van der Waals surface area contributed by atoms with Gasteiger partial charge in [0.2, 0.25) is 5.91 Å². The van der Waals surface area contributed by atoms with Crippen LogP contribution in [0.15, 0.2) is 42.5 Å². The minimum atomic E-state index is -1.34. The Hall–Kier alpha value is -2.63. The summed E-state index contributed by atoms with van der Waals surface area (Å²) in [7, 11) is 1.45. The minimum Gasteiger partial charge on any atom is -0.495 e. The highest BCUT2D eigenvalue weighted by Crippen LogP contribution is 2.29. The van der Waals surface area contributed by atoms with E-state index >= 15 is 0 Å². The zero-order valence-electron chi connectivity index (χ0n) is 11.3. The van der Waals surface area contributed by atoms with E-state index in [1.807, 2.05) is 0 Å². The first kappa shape index (κ1) is 14.8. The number of primary amides is 1. The molecular weight excluding hydrogens is 278 g/mol. The lowest BCUT2D eigenvalue weighted by atomic mass is 10.0. The highest BCUT2D eigenvalue weighted by Gasteiger charge is 2.25. The summed E-state index contributed by atoms with van der Waals surface area (Å²) in [6.45, 7) is 0. The third-order valence-corrected chi connectivity index (χ3v) is 2.98. The monoisotopic (exact) mass is 292 g/mol. The Kier molecular flexibility index (Phi) is 4.37. The van der Waals surface area contributed by atoms with Crippen LogP contribution in [-0.4, -0.2) is 13.0 Å². The van der Waals surface area contributed by atoms with Gasteiger partial charge in [-0.1, -0.05) is 18.2 Å². The van der Waals surface area contributed by atoms with E-state index < -0.39 is 29.1 Å². The summed E-state index contributed by atoms with van der Waals surface area (Å²) in [5, 5.41) is 2.72. The smallest absolute Gasteiger partial charge is 0.244 e. The fraction of sp³-hybridized carbons (Fsp3) is 0.133. The van der Waals surface area contributed by atoms with Gasteiger partial charge in [0, 0.05) is 0 Å². The van der Waals surface area contributed by atoms with Gasteiger partial charge in [0.05, 0.1) is 18.4 Å². The van der Waals surface area contributed by atoms with E-state index in [-0.39, 0.29) is 0 Å². The molecule has 1 atom stereocenters. The second-order valence-corrected chi connectivity index (χ2v) is 4.32. The van der Waals surface area contributed by atoms with Crippen LogP contribution in [-0.2, 0) is 4.79 Å². The van der Waals surface area contributed by atoms with Crippen molar-refractivity contribution in [3.05, 3.63) is 59.7 Å². The van der Waals surface area contributed by atoms with Gasteiger partial charge in [-0.15, -0.1) is 0 Å². The lowest BCUT2D eigenvalue weighted by Gasteiger charge is -2.19. The molecule has 0 aliphatic heterocycles. The van der Waals surface area contributed by atoms with E-state index in [0.717, 1.165) is 12.1 Å². The molecule has 6 heteroatoms. The fourth-order valence-electron chi connectivity index (χ4n) is 1.99. The van der Waals surface area contributed by atoms with Crippen LogP contribution in [0.1, 0.15) is 11.6 Å². The largest absolute Gasteiger partial charge is 0.495 e. The Labute approximate surface area is 120 Å². The number of benzene rings is 2. The Morgan fingerprint density at radius 2 is 1.76 bits per heavy atom. The maximum absolute atomic E-state index is 13.8. The van der Waals surface area contributed by atoms with Gasteiger partial charge in [-0.3, -0.25) is 4.79 Å². The lowest BCUT2D eigenvalue weighted by Crippen LogP contribution is -2.29. The number of carbonyl (C=O) groups excluding carboxylic acids is 1. The number of nitrogens with two attached hydrogens (primary N) is 1. The highest BCUT2D eigenvalue weighted by molar-refractivity contribution is 5.85. The molecule has 0 radical (unpaired) electrons. The fourth-order valence-corrected chi connectivity index (χ4v) is 1.99. The summed E-state index contributed by atoms with van der Waals surface area (Å²) < 4.78 is 32.8. The number of carbonyl (C=O) groups is 1. The summed E-state index contributed by atoms with van der Waals surface area (Å²) in [6, 6.07) is 8.70. The van der Waals surface area contributed by atoms with Crippen molar-refractivity contribution < 1.29 is 18.3 Å². The van der Waals surface area contributed by atoms with Gasteiger partial charge in [-0.05, 0) is 24.3 Å². The number of ether oxygens (including phenoxy) is 1. The molecule has 0 aliphatic carbocycles. The van der Waals surface area contributed by atoms with E-state index in [9.17, 15) is 13.6 Å². The third kappa shape index (κ3) is 3.10. The normalized spacial score (nSPS) is 11.8. The maximum atomic E-state index is 13.8. The molecule has 1 unspecified atom stereocenters. The van der Waals surface area contributed by atoms with Crippen molar-refractivity contribution in [1.82, 2.24) is 0 Å². The molecule has 0 fully saturated rings. The number of amides is 1. The molecule has 21 heavy (non-hydrogen) atoms. The lowest BCUT2D eigenvalue weighted by molar-refractivity contribution is -0.119. The first-order chi connectivity index (χ1) is 10.0. The molecular formula is C15H14F2N2O2. The molecule has 1 amide bonds. The molecule has 0 bridgehead atoms. The van der Waals surface area contributed by atoms with Crippen LogP contribution >= 0.6 is 0 Å². The predicted octanol–water partition coefficient (Wildman–Crippen LogP) is 2.61. The van der Waals surface area contributed by atoms with Crippen molar-refractivity contribution in [1.29, 1.82) is 0 Å². The van der Waals surface area contributed by atoms with Crippen LogP contribution in [0, 0.1) is 11.6 Å². The molecule has 0 spiro atoms. The summed E-state index contributed by atoms with van der Waals surface area (Å²) >= 11 is 0. The van der Waals surface area contributed by atoms with Gasteiger partial charge in [0.1, 0.15) is 23.4 Å². The molecule has 4 nitrogen and oxygen atoms in total. The summed E-state index contributed by atoms with van der Waals surface area (Å²) in [4.78, 5) is 11.6. The molecule has 0 aromatic heterocycles. The van der Waals surface area contributed by atoms with Crippen LogP contribution in [0.2, 0.25) is 0 Å². The molecule has 2 aromatic rings. The number of methoxy groups -OCH3 is 1. The number of rotatable bonds is 5. The molecule has 0 saturated carbocycles. The molecule has 2 aromatic carbocycles. The number of hydrogen-bond donors (Lipinski definition) is 2. The number of nitrogens with one attached hydrogen (secondary N) is 1. The second kappa shape index (κ2) is 6.21. The van der Waals surface area contributed by atoms with Gasteiger partial charge >= 0.3 is 0 Å². The minimum absolute atomic E-state index is 0.409. The standard InChI is InChI=1S/C15H14F2N2O2/c1-21-12-8-3-2-7-11(12)19-14(15(18)20)13-9(16)5-4-6-10(13)17/h2-8,14,19H,1H3,(H2,18,20). The van der Waals surface area contributed by atoms with Crippen molar-refractivity contribution in [2.45, 2.75) is 6.04 Å². The first-order valence-electron chi connectivity index (χ1n) is 6.17. The van der Waals surface area contributed by atoms with Gasteiger partial charge in [-0.2, -0.15) is 0 Å². The van der Waals surface area contributed by atoms with Gasteiger partial charge < -0.3 is 15.8 Å². The van der Waals surface area contributed by atoms with Crippen LogP contribution in [0.4, 0.5) is 14.5 Å².